The van der Waals surface area contributed by atoms with Crippen LogP contribution in [0.3, 0.4) is 0 Å². The standard InChI is InChI=1S/2C7H10NO.Cu.H2O4S/c2*1-6-4-3-5-7(2)8(6)9;;1-5(2,3)4/h2*3-6H,1-2H3;;(H2,1,2,3,4)/q2*+1;;. The molecule has 2 aliphatic heterocycles. The van der Waals surface area contributed by atoms with Crippen molar-refractivity contribution in [2.45, 2.75) is 39.8 Å². The van der Waals surface area contributed by atoms with Crippen LogP contribution in [0.5, 0.6) is 0 Å². The van der Waals surface area contributed by atoms with Gasteiger partial charge in [-0.3, -0.25) is 9.11 Å². The summed E-state index contributed by atoms with van der Waals surface area (Å²) in [5, 5.41) is 0. The molecule has 10 heteroatoms. The molecular weight excluding hydrogens is 388 g/mol. The van der Waals surface area contributed by atoms with Gasteiger partial charge in [0.15, 0.2) is 0 Å². The van der Waals surface area contributed by atoms with Gasteiger partial charge >= 0.3 is 10.4 Å². The van der Waals surface area contributed by atoms with E-state index in [0.29, 0.717) is 0 Å². The molecule has 139 valence electrons. The number of hydrogen-bond donors (Lipinski definition) is 2. The molecule has 1 radical (unpaired) electrons. The zero-order valence-corrected chi connectivity index (χ0v) is 15.5. The summed E-state index contributed by atoms with van der Waals surface area (Å²) in [6.45, 7) is 7.38. The van der Waals surface area contributed by atoms with E-state index in [2.05, 4.69) is 0 Å². The average Bonchev–Trinajstić information content (AvgIpc) is 2.41. The summed E-state index contributed by atoms with van der Waals surface area (Å²) in [6, 6.07) is 0.0185. The second-order valence-electron chi connectivity index (χ2n) is 4.97. The first kappa shape index (κ1) is 24.8. The van der Waals surface area contributed by atoms with E-state index in [-0.39, 0.29) is 29.2 Å². The maximum atomic E-state index is 10.9. The third kappa shape index (κ3) is 11.1. The Labute approximate surface area is 152 Å². The summed E-state index contributed by atoms with van der Waals surface area (Å²) in [6.07, 6.45) is 11.2. The van der Waals surface area contributed by atoms with Crippen LogP contribution in [-0.4, -0.2) is 39.1 Å². The zero-order valence-electron chi connectivity index (χ0n) is 13.8. The van der Waals surface area contributed by atoms with E-state index in [1.165, 1.54) is 0 Å². The van der Waals surface area contributed by atoms with E-state index in [1.807, 2.05) is 64.2 Å². The van der Waals surface area contributed by atoms with Crippen molar-refractivity contribution in [1.82, 2.24) is 0 Å². The van der Waals surface area contributed by atoms with E-state index in [0.717, 1.165) is 20.9 Å². The van der Waals surface area contributed by atoms with Crippen LogP contribution in [0.1, 0.15) is 27.7 Å². The molecule has 2 atom stereocenters. The maximum Gasteiger partial charge on any atom is 0.394 e. The summed E-state index contributed by atoms with van der Waals surface area (Å²) in [5.41, 5.74) is 1.56. The SMILES string of the molecule is CC1=CC=CC(C)[N+]1=O.CC1=CC=CC(C)[N+]1=O.O=S(=O)(O)O.[Cu]. The van der Waals surface area contributed by atoms with Crippen molar-refractivity contribution < 1.29 is 44.1 Å². The van der Waals surface area contributed by atoms with Gasteiger partial charge in [0.25, 0.3) is 0 Å². The summed E-state index contributed by atoms with van der Waals surface area (Å²) < 4.78 is 33.6. The molecular formula is C14H22CuN2O6S+2. The Balaban J connectivity index is 0. The van der Waals surface area contributed by atoms with Crippen molar-refractivity contribution in [3.05, 3.63) is 57.7 Å². The third-order valence-corrected chi connectivity index (χ3v) is 2.89. The van der Waals surface area contributed by atoms with Crippen molar-refractivity contribution >= 4 is 10.4 Å². The molecule has 0 saturated heterocycles. The van der Waals surface area contributed by atoms with Gasteiger partial charge in [0.1, 0.15) is 0 Å². The second-order valence-corrected chi connectivity index (χ2v) is 5.86. The first-order valence-electron chi connectivity index (χ1n) is 6.76. The molecule has 0 aromatic heterocycles. The number of hydrogen-bond acceptors (Lipinski definition) is 4. The van der Waals surface area contributed by atoms with Crippen LogP contribution in [0.2, 0.25) is 0 Å². The van der Waals surface area contributed by atoms with Crippen LogP contribution < -0.4 is 0 Å². The molecule has 0 aliphatic carbocycles. The van der Waals surface area contributed by atoms with Crippen LogP contribution in [0.15, 0.2) is 47.9 Å². The van der Waals surface area contributed by atoms with E-state index < -0.39 is 10.4 Å². The molecule has 2 N–H and O–H groups in total. The molecule has 2 unspecified atom stereocenters. The van der Waals surface area contributed by atoms with Crippen molar-refractivity contribution in [2.75, 3.05) is 0 Å². The average molecular weight is 410 g/mol. The van der Waals surface area contributed by atoms with Gasteiger partial charge in [0.2, 0.25) is 23.5 Å². The Kier molecular flexibility index (Phi) is 11.5. The van der Waals surface area contributed by atoms with E-state index in [9.17, 15) is 9.81 Å². The summed E-state index contributed by atoms with van der Waals surface area (Å²) in [7, 11) is -4.67. The van der Waals surface area contributed by atoms with E-state index in [4.69, 9.17) is 17.5 Å². The van der Waals surface area contributed by atoms with Gasteiger partial charge in [-0.15, -0.1) is 0 Å². The Bertz CT molecular complexity index is 627. The summed E-state index contributed by atoms with van der Waals surface area (Å²) in [4.78, 5) is 21.8. The summed E-state index contributed by atoms with van der Waals surface area (Å²) in [5.74, 6) is 0. The van der Waals surface area contributed by atoms with Crippen molar-refractivity contribution in [2.24, 2.45) is 0 Å². The molecule has 0 saturated carbocycles. The zero-order chi connectivity index (χ0) is 18.2. The van der Waals surface area contributed by atoms with Gasteiger partial charge in [-0.2, -0.15) is 8.42 Å². The number of rotatable bonds is 0. The van der Waals surface area contributed by atoms with E-state index in [1.54, 1.807) is 0 Å². The van der Waals surface area contributed by atoms with Gasteiger partial charge in [0, 0.05) is 76.2 Å². The largest absolute Gasteiger partial charge is 0.394 e. The van der Waals surface area contributed by atoms with Gasteiger partial charge in [-0.25, -0.2) is 0 Å². The smallest absolute Gasteiger partial charge is 0.264 e. The van der Waals surface area contributed by atoms with Crippen LogP contribution >= 0.6 is 0 Å². The third-order valence-electron chi connectivity index (χ3n) is 2.89. The molecule has 2 heterocycles. The van der Waals surface area contributed by atoms with Crippen molar-refractivity contribution in [3.8, 4) is 0 Å². The predicted octanol–water partition coefficient (Wildman–Crippen LogP) is 2.60. The normalized spacial score (nSPS) is 22.1. The molecule has 0 amide bonds. The van der Waals surface area contributed by atoms with Crippen molar-refractivity contribution in [3.63, 3.8) is 0 Å². The summed E-state index contributed by atoms with van der Waals surface area (Å²) >= 11 is 0. The van der Waals surface area contributed by atoms with E-state index >= 15 is 0 Å². The number of nitrogens with zero attached hydrogens (tertiary/aromatic N) is 2. The number of nitroso groups, excluding NO2 is 2. The fraction of sp³-hybridized carbons (Fsp3) is 0.429. The fourth-order valence-corrected chi connectivity index (χ4v) is 1.66. The molecule has 24 heavy (non-hydrogen) atoms. The predicted molar refractivity (Wildman–Crippen MR) is 86.2 cm³/mol. The Hall–Kier alpha value is -1.45. The van der Waals surface area contributed by atoms with Crippen LogP contribution in [0, 0.1) is 9.81 Å². The van der Waals surface area contributed by atoms with Crippen LogP contribution in [-0.2, 0) is 27.5 Å². The monoisotopic (exact) mass is 409 g/mol. The molecule has 2 rings (SSSR count). The molecule has 0 aromatic rings. The van der Waals surface area contributed by atoms with Gasteiger partial charge < -0.3 is 0 Å². The van der Waals surface area contributed by atoms with Crippen molar-refractivity contribution in [1.29, 1.82) is 0 Å². The minimum absolute atomic E-state index is 0. The minimum atomic E-state index is -4.67. The molecule has 8 nitrogen and oxygen atoms in total. The second kappa shape index (κ2) is 11.2. The van der Waals surface area contributed by atoms with Gasteiger partial charge in [0.05, 0.1) is 0 Å². The van der Waals surface area contributed by atoms with Crippen LogP contribution in [0.25, 0.3) is 0 Å². The topological polar surface area (TPSA) is 115 Å². The molecule has 0 bridgehead atoms. The first-order valence-corrected chi connectivity index (χ1v) is 8.16. The first-order chi connectivity index (χ1) is 10.4. The molecule has 0 fully saturated rings. The Morgan fingerprint density at radius 2 is 1.12 bits per heavy atom. The molecule has 0 aromatic carbocycles. The number of allylic oxidation sites excluding steroid dienone is 6. The maximum absolute atomic E-state index is 10.9. The van der Waals surface area contributed by atoms with Gasteiger partial charge in [-0.05, 0) is 12.2 Å². The molecule has 0 spiro atoms. The Morgan fingerprint density at radius 3 is 1.29 bits per heavy atom. The molecule has 2 aliphatic rings. The quantitative estimate of drug-likeness (QED) is 0.361. The van der Waals surface area contributed by atoms with Gasteiger partial charge in [-0.1, -0.05) is 12.2 Å². The minimum Gasteiger partial charge on any atom is -0.264 e. The van der Waals surface area contributed by atoms with Crippen LogP contribution in [0.4, 0.5) is 0 Å². The fourth-order valence-electron chi connectivity index (χ4n) is 1.66. The Morgan fingerprint density at radius 1 is 0.875 bits per heavy atom.